The van der Waals surface area contributed by atoms with Crippen molar-refractivity contribution in [2.24, 2.45) is 11.8 Å². The van der Waals surface area contributed by atoms with E-state index in [2.05, 4.69) is 24.3 Å². The normalized spacial score (nSPS) is 23.9. The van der Waals surface area contributed by atoms with E-state index in [1.54, 1.807) is 24.3 Å². The van der Waals surface area contributed by atoms with Crippen LogP contribution in [0.2, 0.25) is 0 Å². The molecule has 2 bridgehead atoms. The van der Waals surface area contributed by atoms with Gasteiger partial charge in [-0.2, -0.15) is 0 Å². The summed E-state index contributed by atoms with van der Waals surface area (Å²) in [7, 11) is 1.53. The highest BCUT2D eigenvalue weighted by Gasteiger charge is 2.61. The van der Waals surface area contributed by atoms with Crippen molar-refractivity contribution in [3.63, 3.8) is 0 Å². The van der Waals surface area contributed by atoms with Crippen LogP contribution in [0.25, 0.3) is 0 Å². The molecule has 1 heterocycles. The Morgan fingerprint density at radius 2 is 1.32 bits per heavy atom. The molecule has 0 unspecified atom stereocenters. The highest BCUT2D eigenvalue weighted by molar-refractivity contribution is 6.07. The number of amides is 2. The molecule has 3 aromatic rings. The van der Waals surface area contributed by atoms with Crippen LogP contribution in [0, 0.1) is 11.8 Å². The summed E-state index contributed by atoms with van der Waals surface area (Å²) in [4.78, 5) is 40.8. The smallest absolute Gasteiger partial charge is 0.338 e. The number of methoxy groups -OCH3 is 1. The molecule has 0 saturated carbocycles. The third kappa shape index (κ3) is 2.91. The number of likely N-dealkylation sites (tertiary alicyclic amines) is 1. The third-order valence-electron chi connectivity index (χ3n) is 7.39. The molecule has 0 aromatic heterocycles. The van der Waals surface area contributed by atoms with Gasteiger partial charge in [-0.15, -0.1) is 0 Å². The summed E-state index contributed by atoms with van der Waals surface area (Å²) in [5, 5.41) is 0. The van der Waals surface area contributed by atoms with Crippen molar-refractivity contribution in [2.45, 2.75) is 11.8 Å². The fourth-order valence-corrected chi connectivity index (χ4v) is 6.02. The number of rotatable bonds is 5. The molecule has 34 heavy (non-hydrogen) atoms. The largest absolute Gasteiger partial charge is 0.497 e. The van der Waals surface area contributed by atoms with Crippen LogP contribution in [0.3, 0.4) is 0 Å². The molecule has 1 saturated heterocycles. The van der Waals surface area contributed by atoms with Gasteiger partial charge >= 0.3 is 5.97 Å². The second-order valence-corrected chi connectivity index (χ2v) is 8.96. The lowest BCUT2D eigenvalue weighted by Gasteiger charge is -2.45. The van der Waals surface area contributed by atoms with Crippen LogP contribution in [-0.2, 0) is 14.3 Å². The predicted octanol–water partition coefficient (Wildman–Crippen LogP) is 3.74. The lowest BCUT2D eigenvalue weighted by Crippen LogP contribution is -2.41. The minimum Gasteiger partial charge on any atom is -0.497 e. The summed E-state index contributed by atoms with van der Waals surface area (Å²) in [6.07, 6.45) is 0. The van der Waals surface area contributed by atoms with Crippen molar-refractivity contribution in [1.29, 1.82) is 0 Å². The average Bonchev–Trinajstić information content (AvgIpc) is 3.14. The molecule has 3 aromatic carbocycles. The molecule has 2 atom stereocenters. The molecule has 4 aliphatic rings. The van der Waals surface area contributed by atoms with Crippen molar-refractivity contribution in [1.82, 2.24) is 4.90 Å². The Bertz CT molecular complexity index is 1220. The van der Waals surface area contributed by atoms with Crippen LogP contribution in [0.4, 0.5) is 0 Å². The van der Waals surface area contributed by atoms with Crippen LogP contribution in [0.5, 0.6) is 5.75 Å². The van der Waals surface area contributed by atoms with Gasteiger partial charge in [0.15, 0.2) is 0 Å². The number of nitrogens with zero attached hydrogens (tertiary/aromatic N) is 1. The van der Waals surface area contributed by atoms with E-state index in [1.165, 1.54) is 12.0 Å². The lowest BCUT2D eigenvalue weighted by atomic mass is 9.55. The summed E-state index contributed by atoms with van der Waals surface area (Å²) in [5.74, 6) is -1.43. The van der Waals surface area contributed by atoms with Crippen molar-refractivity contribution < 1.29 is 23.9 Å². The van der Waals surface area contributed by atoms with Gasteiger partial charge in [-0.05, 0) is 40.5 Å². The first kappa shape index (κ1) is 20.7. The van der Waals surface area contributed by atoms with Crippen LogP contribution >= 0.6 is 0 Å². The maximum atomic E-state index is 13.5. The van der Waals surface area contributed by atoms with E-state index < -0.39 is 17.8 Å². The number of imide groups is 1. The number of hydrogen-bond donors (Lipinski definition) is 0. The maximum absolute atomic E-state index is 13.5. The zero-order chi connectivity index (χ0) is 23.4. The summed E-state index contributed by atoms with van der Waals surface area (Å²) in [6, 6.07) is 23.0. The number of hydrogen-bond acceptors (Lipinski definition) is 5. The minimum atomic E-state index is -0.518. The summed E-state index contributed by atoms with van der Waals surface area (Å²) >= 11 is 0. The van der Waals surface area contributed by atoms with Crippen molar-refractivity contribution >= 4 is 17.8 Å². The van der Waals surface area contributed by atoms with E-state index in [1.807, 2.05) is 24.3 Å². The maximum Gasteiger partial charge on any atom is 0.338 e. The van der Waals surface area contributed by atoms with Gasteiger partial charge in [0.25, 0.3) is 0 Å². The average molecular weight is 453 g/mol. The lowest BCUT2D eigenvalue weighted by molar-refractivity contribution is -0.140. The molecule has 0 radical (unpaired) electrons. The molecular formula is C28H23NO5. The van der Waals surface area contributed by atoms with E-state index in [-0.39, 0.29) is 36.8 Å². The molecule has 1 aliphatic heterocycles. The molecule has 7 rings (SSSR count). The topological polar surface area (TPSA) is 72.9 Å². The van der Waals surface area contributed by atoms with Crippen LogP contribution in [0.1, 0.15) is 44.4 Å². The fraction of sp³-hybridized carbons (Fsp3) is 0.250. The third-order valence-corrected chi connectivity index (χ3v) is 7.39. The first-order valence-corrected chi connectivity index (χ1v) is 11.4. The first-order valence-electron chi connectivity index (χ1n) is 11.4. The highest BCUT2D eigenvalue weighted by Crippen LogP contribution is 2.60. The zero-order valence-corrected chi connectivity index (χ0v) is 18.6. The van der Waals surface area contributed by atoms with Crippen LogP contribution in [-0.4, -0.2) is 42.9 Å². The van der Waals surface area contributed by atoms with Gasteiger partial charge in [0, 0.05) is 11.8 Å². The summed E-state index contributed by atoms with van der Waals surface area (Å²) in [6.45, 7) is -0.00526. The van der Waals surface area contributed by atoms with Crippen molar-refractivity contribution in [2.75, 3.05) is 20.3 Å². The molecule has 3 aliphatic carbocycles. The van der Waals surface area contributed by atoms with Gasteiger partial charge in [0.05, 0.1) is 31.1 Å². The van der Waals surface area contributed by atoms with Gasteiger partial charge in [0.2, 0.25) is 11.8 Å². The fourth-order valence-electron chi connectivity index (χ4n) is 6.02. The van der Waals surface area contributed by atoms with E-state index in [0.29, 0.717) is 11.3 Å². The van der Waals surface area contributed by atoms with Crippen LogP contribution in [0.15, 0.2) is 72.8 Å². The van der Waals surface area contributed by atoms with Gasteiger partial charge < -0.3 is 9.47 Å². The Morgan fingerprint density at radius 3 is 1.82 bits per heavy atom. The van der Waals surface area contributed by atoms with Gasteiger partial charge in [-0.3, -0.25) is 14.5 Å². The Morgan fingerprint density at radius 1 is 0.794 bits per heavy atom. The summed E-state index contributed by atoms with van der Waals surface area (Å²) in [5.41, 5.74) is 4.91. The first-order chi connectivity index (χ1) is 16.6. The second kappa shape index (κ2) is 7.83. The SMILES string of the molecule is COc1cccc(C(=O)OCCN2C(=O)[C@@H]3C4c5ccccc5C(c5ccccc54)[C@H]3C2=O)c1. The second-order valence-electron chi connectivity index (χ2n) is 8.96. The monoisotopic (exact) mass is 453 g/mol. The Labute approximate surface area is 197 Å². The number of carbonyl (C=O) groups is 3. The number of benzene rings is 3. The molecule has 170 valence electrons. The molecule has 0 N–H and O–H groups in total. The Kier molecular flexibility index (Phi) is 4.76. The van der Waals surface area contributed by atoms with Gasteiger partial charge in [0.1, 0.15) is 12.4 Å². The zero-order valence-electron chi connectivity index (χ0n) is 18.6. The van der Waals surface area contributed by atoms with E-state index in [4.69, 9.17) is 9.47 Å². The van der Waals surface area contributed by atoms with E-state index in [9.17, 15) is 14.4 Å². The van der Waals surface area contributed by atoms with Crippen LogP contribution < -0.4 is 4.74 Å². The molecule has 1 fully saturated rings. The number of esters is 1. The van der Waals surface area contributed by atoms with E-state index in [0.717, 1.165) is 22.3 Å². The molecule has 0 spiro atoms. The van der Waals surface area contributed by atoms with Crippen molar-refractivity contribution in [3.05, 3.63) is 101 Å². The standard InChI is InChI=1S/C28H23NO5/c1-33-17-8-6-7-16(15-17)28(32)34-14-13-29-26(30)24-22-18-9-2-3-10-19(18)23(25(24)27(29)31)21-12-5-4-11-20(21)22/h2-12,15,22-25H,13-14H2,1H3/t22?,23?,24-,25-/m1/s1. The number of carbonyl (C=O) groups excluding carboxylic acids is 3. The van der Waals surface area contributed by atoms with Gasteiger partial charge in [-0.25, -0.2) is 4.79 Å². The molecule has 6 heteroatoms. The number of ether oxygens (including phenoxy) is 2. The Hall–Kier alpha value is -3.93. The predicted molar refractivity (Wildman–Crippen MR) is 124 cm³/mol. The Balaban J connectivity index is 1.25. The van der Waals surface area contributed by atoms with Gasteiger partial charge in [-0.1, -0.05) is 54.6 Å². The highest BCUT2D eigenvalue weighted by atomic mass is 16.5. The van der Waals surface area contributed by atoms with Crippen molar-refractivity contribution in [3.8, 4) is 5.75 Å². The quantitative estimate of drug-likeness (QED) is 0.435. The molecule has 2 amide bonds. The van der Waals surface area contributed by atoms with E-state index >= 15 is 0 Å². The minimum absolute atomic E-state index is 0.0481. The molecular weight excluding hydrogens is 430 g/mol. The summed E-state index contributed by atoms with van der Waals surface area (Å²) < 4.78 is 10.5. The molecule has 6 nitrogen and oxygen atoms in total.